The van der Waals surface area contributed by atoms with Crippen molar-refractivity contribution in [3.8, 4) is 0 Å². The first-order valence-electron chi connectivity index (χ1n) is 8.59. The molecule has 0 aromatic carbocycles. The summed E-state index contributed by atoms with van der Waals surface area (Å²) in [6.45, 7) is 0.290. The minimum Gasteiger partial charge on any atom is -0.382 e. The van der Waals surface area contributed by atoms with Gasteiger partial charge in [-0.25, -0.2) is 0 Å². The van der Waals surface area contributed by atoms with Crippen molar-refractivity contribution in [3.63, 3.8) is 0 Å². The van der Waals surface area contributed by atoms with E-state index in [0.29, 0.717) is 12.8 Å². The van der Waals surface area contributed by atoms with Crippen LogP contribution in [0.5, 0.6) is 0 Å². The number of nitrogens with zero attached hydrogens (tertiary/aromatic N) is 1. The quantitative estimate of drug-likeness (QED) is 0.465. The molecule has 25 heavy (non-hydrogen) atoms. The number of ether oxygens (including phenoxy) is 6. The smallest absolute Gasteiger partial charge is 0.238 e. The number of nitro groups is 1. The van der Waals surface area contributed by atoms with E-state index in [9.17, 15) is 10.1 Å². The van der Waals surface area contributed by atoms with Gasteiger partial charge < -0.3 is 28.4 Å². The molecule has 0 bridgehead atoms. The fourth-order valence-corrected chi connectivity index (χ4v) is 3.74. The Kier molecular flexibility index (Phi) is 7.98. The highest BCUT2D eigenvalue weighted by molar-refractivity contribution is 4.93. The van der Waals surface area contributed by atoms with Crippen LogP contribution in [0.25, 0.3) is 0 Å². The normalized spacial score (nSPS) is 39.3. The lowest BCUT2D eigenvalue weighted by molar-refractivity contribution is -0.543. The van der Waals surface area contributed by atoms with E-state index in [1.807, 2.05) is 0 Å². The molecule has 1 aliphatic carbocycles. The summed E-state index contributed by atoms with van der Waals surface area (Å²) >= 11 is 0. The van der Waals surface area contributed by atoms with E-state index in [4.69, 9.17) is 28.4 Å². The van der Waals surface area contributed by atoms with E-state index in [2.05, 4.69) is 0 Å². The van der Waals surface area contributed by atoms with E-state index in [1.54, 1.807) is 21.3 Å². The Morgan fingerprint density at radius 1 is 1.00 bits per heavy atom. The third-order valence-corrected chi connectivity index (χ3v) is 4.99. The molecule has 146 valence electrons. The Hall–Kier alpha value is -0.840. The highest BCUT2D eigenvalue weighted by Crippen LogP contribution is 2.32. The standard InChI is InChI=1S/C16H29NO8/c1-20-9-12-13(21-2)14(22-3)15(23-4)16(25-12)24-11-8-6-5-7-10(11)17(18)19/h10-16H,5-9H2,1-4H3/t10-,11+,12+,13+,14-,15+,16?/m0/s1. The van der Waals surface area contributed by atoms with Crippen LogP contribution in [0.3, 0.4) is 0 Å². The molecule has 1 unspecified atom stereocenters. The highest BCUT2D eigenvalue weighted by atomic mass is 16.7. The van der Waals surface area contributed by atoms with Crippen molar-refractivity contribution in [1.82, 2.24) is 0 Å². The SMILES string of the molecule is COC[C@H]1OC(O[C@@H]2CCCC[C@@H]2[N+](=O)[O-])[C@H](OC)[C@@H](OC)[C@@H]1OC. The number of rotatable bonds is 8. The zero-order valence-electron chi connectivity index (χ0n) is 15.3. The summed E-state index contributed by atoms with van der Waals surface area (Å²) < 4.78 is 33.9. The second kappa shape index (κ2) is 9.75. The number of hydrogen-bond donors (Lipinski definition) is 0. The Bertz CT molecular complexity index is 423. The van der Waals surface area contributed by atoms with Gasteiger partial charge in [-0.3, -0.25) is 10.1 Å². The third-order valence-electron chi connectivity index (χ3n) is 4.99. The lowest BCUT2D eigenvalue weighted by Crippen LogP contribution is -2.62. The lowest BCUT2D eigenvalue weighted by atomic mass is 9.92. The molecular formula is C16H29NO8. The fraction of sp³-hybridized carbons (Fsp3) is 1.00. The minimum atomic E-state index is -0.785. The van der Waals surface area contributed by atoms with Crippen LogP contribution in [0.15, 0.2) is 0 Å². The Balaban J connectivity index is 2.16. The minimum absolute atomic E-state index is 0.257. The lowest BCUT2D eigenvalue weighted by Gasteiger charge is -2.45. The molecule has 0 spiro atoms. The summed E-state index contributed by atoms with van der Waals surface area (Å²) in [6, 6.07) is -0.725. The zero-order valence-corrected chi connectivity index (χ0v) is 15.3. The predicted octanol–water partition coefficient (Wildman–Crippen LogP) is 1.01. The van der Waals surface area contributed by atoms with Gasteiger partial charge in [-0.2, -0.15) is 0 Å². The molecule has 1 heterocycles. The maximum atomic E-state index is 11.3. The second-order valence-electron chi connectivity index (χ2n) is 6.41. The van der Waals surface area contributed by atoms with Crippen LogP contribution in [0.4, 0.5) is 0 Å². The second-order valence-corrected chi connectivity index (χ2v) is 6.41. The van der Waals surface area contributed by atoms with Gasteiger partial charge in [0, 0.05) is 39.8 Å². The third kappa shape index (κ3) is 4.66. The monoisotopic (exact) mass is 363 g/mol. The molecule has 7 atom stereocenters. The van der Waals surface area contributed by atoms with Crippen molar-refractivity contribution < 1.29 is 33.3 Å². The first-order valence-corrected chi connectivity index (χ1v) is 8.59. The molecular weight excluding hydrogens is 334 g/mol. The summed E-state index contributed by atoms with van der Waals surface area (Å²) in [7, 11) is 6.24. The average Bonchev–Trinajstić information content (AvgIpc) is 2.61. The van der Waals surface area contributed by atoms with Crippen LogP contribution >= 0.6 is 0 Å². The molecule has 0 radical (unpaired) electrons. The van der Waals surface area contributed by atoms with E-state index >= 15 is 0 Å². The molecule has 2 aliphatic rings. The summed E-state index contributed by atoms with van der Waals surface area (Å²) in [5.41, 5.74) is 0. The van der Waals surface area contributed by atoms with Crippen molar-refractivity contribution >= 4 is 0 Å². The average molecular weight is 363 g/mol. The summed E-state index contributed by atoms with van der Waals surface area (Å²) in [5, 5.41) is 11.3. The zero-order chi connectivity index (χ0) is 18.4. The van der Waals surface area contributed by atoms with E-state index in [0.717, 1.165) is 12.8 Å². The van der Waals surface area contributed by atoms with E-state index in [-0.39, 0.29) is 11.5 Å². The van der Waals surface area contributed by atoms with Crippen LogP contribution in [0, 0.1) is 10.1 Å². The van der Waals surface area contributed by atoms with Gasteiger partial charge in [-0.05, 0) is 12.8 Å². The van der Waals surface area contributed by atoms with Gasteiger partial charge in [0.05, 0.1) is 6.61 Å². The number of methoxy groups -OCH3 is 4. The Morgan fingerprint density at radius 2 is 1.64 bits per heavy atom. The Labute approximate surface area is 148 Å². The molecule has 2 fully saturated rings. The van der Waals surface area contributed by atoms with Gasteiger partial charge in [0.2, 0.25) is 6.04 Å². The van der Waals surface area contributed by atoms with E-state index < -0.39 is 42.9 Å². The maximum Gasteiger partial charge on any atom is 0.238 e. The van der Waals surface area contributed by atoms with Crippen LogP contribution in [0.2, 0.25) is 0 Å². The molecule has 0 amide bonds. The molecule has 0 N–H and O–H groups in total. The van der Waals surface area contributed by atoms with Crippen LogP contribution in [-0.2, 0) is 28.4 Å². The van der Waals surface area contributed by atoms with Crippen molar-refractivity contribution in [2.75, 3.05) is 35.0 Å². The molecule has 1 saturated carbocycles. The van der Waals surface area contributed by atoms with Gasteiger partial charge in [0.15, 0.2) is 6.29 Å². The fourth-order valence-electron chi connectivity index (χ4n) is 3.74. The van der Waals surface area contributed by atoms with Crippen molar-refractivity contribution in [3.05, 3.63) is 10.1 Å². The van der Waals surface area contributed by atoms with Crippen LogP contribution in [-0.4, -0.2) is 82.8 Å². The van der Waals surface area contributed by atoms with Crippen LogP contribution < -0.4 is 0 Å². The molecule has 1 saturated heterocycles. The van der Waals surface area contributed by atoms with Gasteiger partial charge in [0.25, 0.3) is 0 Å². The first kappa shape index (κ1) is 20.5. The molecule has 0 aromatic heterocycles. The van der Waals surface area contributed by atoms with Crippen molar-refractivity contribution in [2.45, 2.75) is 68.5 Å². The van der Waals surface area contributed by atoms with Gasteiger partial charge in [-0.15, -0.1) is 0 Å². The Morgan fingerprint density at radius 3 is 2.20 bits per heavy atom. The van der Waals surface area contributed by atoms with Crippen LogP contribution in [0.1, 0.15) is 25.7 Å². The summed E-state index contributed by atoms with van der Waals surface area (Å²) in [6.07, 6.45) is -0.234. The molecule has 9 nitrogen and oxygen atoms in total. The summed E-state index contributed by atoms with van der Waals surface area (Å²) in [5.74, 6) is 0. The molecule has 9 heteroatoms. The first-order chi connectivity index (χ1) is 12.1. The van der Waals surface area contributed by atoms with E-state index in [1.165, 1.54) is 7.11 Å². The predicted molar refractivity (Wildman–Crippen MR) is 87.1 cm³/mol. The number of hydrogen-bond acceptors (Lipinski definition) is 8. The van der Waals surface area contributed by atoms with Gasteiger partial charge in [0.1, 0.15) is 30.5 Å². The molecule has 0 aromatic rings. The molecule has 2 rings (SSSR count). The summed E-state index contributed by atoms with van der Waals surface area (Å²) in [4.78, 5) is 11.1. The van der Waals surface area contributed by atoms with Crippen molar-refractivity contribution in [2.24, 2.45) is 0 Å². The van der Waals surface area contributed by atoms with Crippen molar-refractivity contribution in [1.29, 1.82) is 0 Å². The van der Waals surface area contributed by atoms with Gasteiger partial charge >= 0.3 is 0 Å². The molecule has 1 aliphatic heterocycles. The topological polar surface area (TPSA) is 98.5 Å². The highest BCUT2D eigenvalue weighted by Gasteiger charge is 2.49. The van der Waals surface area contributed by atoms with Gasteiger partial charge in [-0.1, -0.05) is 6.42 Å². The maximum absolute atomic E-state index is 11.3. The largest absolute Gasteiger partial charge is 0.382 e.